The average molecular weight is 212 g/mol. The number of hydrogen-bond donors (Lipinski definition) is 1. The highest BCUT2D eigenvalue weighted by Gasteiger charge is 2.16. The standard InChI is InChI=1S/C11H20N2O2/c1-4-5-6-11(10(2)3)9-13(12-15)7-8-14/h10-11,14H,6-9H2,1-3H3. The summed E-state index contributed by atoms with van der Waals surface area (Å²) >= 11 is 0. The largest absolute Gasteiger partial charge is 0.394 e. The third kappa shape index (κ3) is 6.08. The van der Waals surface area contributed by atoms with E-state index < -0.39 is 0 Å². The van der Waals surface area contributed by atoms with Gasteiger partial charge < -0.3 is 5.11 Å². The third-order valence-corrected chi connectivity index (χ3v) is 2.40. The van der Waals surface area contributed by atoms with Gasteiger partial charge in [-0.05, 0) is 18.8 Å². The Hall–Kier alpha value is -1.08. The van der Waals surface area contributed by atoms with Gasteiger partial charge in [0.1, 0.15) is 0 Å². The van der Waals surface area contributed by atoms with E-state index >= 15 is 0 Å². The summed E-state index contributed by atoms with van der Waals surface area (Å²) in [5, 5.41) is 13.0. The van der Waals surface area contributed by atoms with Crippen LogP contribution in [-0.4, -0.2) is 29.8 Å². The lowest BCUT2D eigenvalue weighted by Crippen LogP contribution is -2.29. The summed E-state index contributed by atoms with van der Waals surface area (Å²) in [4.78, 5) is 10.5. The van der Waals surface area contributed by atoms with E-state index in [0.717, 1.165) is 6.42 Å². The van der Waals surface area contributed by atoms with Gasteiger partial charge in [0.25, 0.3) is 0 Å². The van der Waals surface area contributed by atoms with Gasteiger partial charge in [-0.25, -0.2) is 0 Å². The molecule has 1 N–H and O–H groups in total. The number of rotatable bonds is 7. The van der Waals surface area contributed by atoms with Crippen molar-refractivity contribution in [2.75, 3.05) is 19.7 Å². The molecule has 0 aliphatic carbocycles. The molecule has 0 aromatic heterocycles. The van der Waals surface area contributed by atoms with Crippen LogP contribution in [0.15, 0.2) is 5.29 Å². The molecule has 0 saturated heterocycles. The average Bonchev–Trinajstić information content (AvgIpc) is 2.22. The fourth-order valence-corrected chi connectivity index (χ4v) is 1.30. The normalized spacial score (nSPS) is 11.8. The van der Waals surface area contributed by atoms with Crippen molar-refractivity contribution < 1.29 is 5.11 Å². The van der Waals surface area contributed by atoms with E-state index in [4.69, 9.17) is 5.11 Å². The molecule has 0 spiro atoms. The van der Waals surface area contributed by atoms with Crippen molar-refractivity contribution in [2.24, 2.45) is 17.1 Å². The molecule has 4 heteroatoms. The smallest absolute Gasteiger partial charge is 0.0624 e. The summed E-state index contributed by atoms with van der Waals surface area (Å²) in [6.45, 7) is 6.83. The van der Waals surface area contributed by atoms with Crippen LogP contribution in [0.25, 0.3) is 0 Å². The first-order chi connectivity index (χ1) is 7.15. The Kier molecular flexibility index (Phi) is 7.65. The zero-order valence-corrected chi connectivity index (χ0v) is 9.73. The summed E-state index contributed by atoms with van der Waals surface area (Å²) < 4.78 is 0. The fraction of sp³-hybridized carbons (Fsp3) is 0.818. The van der Waals surface area contributed by atoms with Crippen molar-refractivity contribution in [3.8, 4) is 11.8 Å². The molecule has 0 heterocycles. The first-order valence-corrected chi connectivity index (χ1v) is 5.24. The van der Waals surface area contributed by atoms with Crippen LogP contribution < -0.4 is 0 Å². The molecule has 0 radical (unpaired) electrons. The summed E-state index contributed by atoms with van der Waals surface area (Å²) in [7, 11) is 0. The fourth-order valence-electron chi connectivity index (χ4n) is 1.30. The minimum atomic E-state index is -0.0456. The van der Waals surface area contributed by atoms with E-state index in [-0.39, 0.29) is 6.61 Å². The van der Waals surface area contributed by atoms with Crippen molar-refractivity contribution in [2.45, 2.75) is 27.2 Å². The maximum absolute atomic E-state index is 10.5. The maximum Gasteiger partial charge on any atom is 0.0624 e. The Morgan fingerprint density at radius 3 is 2.53 bits per heavy atom. The van der Waals surface area contributed by atoms with Crippen molar-refractivity contribution >= 4 is 0 Å². The minimum Gasteiger partial charge on any atom is -0.394 e. The lowest BCUT2D eigenvalue weighted by molar-refractivity contribution is 0.164. The third-order valence-electron chi connectivity index (χ3n) is 2.40. The van der Waals surface area contributed by atoms with E-state index in [2.05, 4.69) is 31.0 Å². The van der Waals surface area contributed by atoms with Gasteiger partial charge in [0.05, 0.1) is 18.4 Å². The second-order valence-corrected chi connectivity index (χ2v) is 3.85. The zero-order chi connectivity index (χ0) is 11.7. The van der Waals surface area contributed by atoms with Crippen LogP contribution in [0.3, 0.4) is 0 Å². The molecule has 0 amide bonds. The van der Waals surface area contributed by atoms with Gasteiger partial charge in [-0.1, -0.05) is 13.8 Å². The molecular formula is C11H20N2O2. The summed E-state index contributed by atoms with van der Waals surface area (Å²) in [5.41, 5.74) is 0. The number of nitrogens with zero attached hydrogens (tertiary/aromatic N) is 2. The van der Waals surface area contributed by atoms with Crippen molar-refractivity contribution in [1.29, 1.82) is 0 Å². The van der Waals surface area contributed by atoms with E-state index in [1.165, 1.54) is 5.01 Å². The molecule has 0 aromatic rings. The van der Waals surface area contributed by atoms with Crippen LogP contribution in [0.5, 0.6) is 0 Å². The summed E-state index contributed by atoms with van der Waals surface area (Å²) in [5.74, 6) is 6.64. The second kappa shape index (κ2) is 8.25. The topological polar surface area (TPSA) is 52.9 Å². The Morgan fingerprint density at radius 2 is 2.13 bits per heavy atom. The Bertz CT molecular complexity index is 230. The highest BCUT2D eigenvalue weighted by Crippen LogP contribution is 2.16. The van der Waals surface area contributed by atoms with Crippen LogP contribution in [0.1, 0.15) is 27.2 Å². The molecule has 0 rings (SSSR count). The van der Waals surface area contributed by atoms with Gasteiger partial charge >= 0.3 is 0 Å². The van der Waals surface area contributed by atoms with Gasteiger partial charge in [-0.15, -0.1) is 16.7 Å². The molecule has 86 valence electrons. The summed E-state index contributed by atoms with van der Waals surface area (Å²) in [6.07, 6.45) is 0.769. The molecule has 1 unspecified atom stereocenters. The quantitative estimate of drug-likeness (QED) is 0.396. The van der Waals surface area contributed by atoms with E-state index in [1.807, 2.05) is 0 Å². The van der Waals surface area contributed by atoms with Crippen LogP contribution in [0, 0.1) is 28.6 Å². The van der Waals surface area contributed by atoms with E-state index in [9.17, 15) is 4.91 Å². The monoisotopic (exact) mass is 212 g/mol. The molecule has 0 aliphatic heterocycles. The molecule has 4 nitrogen and oxygen atoms in total. The van der Waals surface area contributed by atoms with E-state index in [1.54, 1.807) is 6.92 Å². The second-order valence-electron chi connectivity index (χ2n) is 3.85. The SMILES string of the molecule is CC#CCC(CN(CCO)N=O)C(C)C. The number of nitroso groups, excluding NO2 is 1. The Balaban J connectivity index is 4.21. The lowest BCUT2D eigenvalue weighted by Gasteiger charge is -2.23. The van der Waals surface area contributed by atoms with E-state index in [0.29, 0.717) is 24.9 Å². The molecule has 1 atom stereocenters. The predicted molar refractivity (Wildman–Crippen MR) is 60.8 cm³/mol. The Labute approximate surface area is 91.6 Å². The van der Waals surface area contributed by atoms with Gasteiger partial charge in [0, 0.05) is 13.0 Å². The van der Waals surface area contributed by atoms with Crippen LogP contribution in [0.2, 0.25) is 0 Å². The predicted octanol–water partition coefficient (Wildman–Crippen LogP) is 1.65. The molecule has 0 fully saturated rings. The van der Waals surface area contributed by atoms with Gasteiger partial charge in [0.2, 0.25) is 0 Å². The van der Waals surface area contributed by atoms with Crippen molar-refractivity contribution in [1.82, 2.24) is 5.01 Å². The highest BCUT2D eigenvalue weighted by molar-refractivity contribution is 4.97. The molecule has 0 bridgehead atoms. The van der Waals surface area contributed by atoms with Crippen LogP contribution >= 0.6 is 0 Å². The number of hydrogen-bond acceptors (Lipinski definition) is 3. The van der Waals surface area contributed by atoms with Crippen molar-refractivity contribution in [3.05, 3.63) is 4.91 Å². The van der Waals surface area contributed by atoms with Crippen LogP contribution in [-0.2, 0) is 0 Å². The molecule has 15 heavy (non-hydrogen) atoms. The highest BCUT2D eigenvalue weighted by atomic mass is 16.3. The molecular weight excluding hydrogens is 192 g/mol. The van der Waals surface area contributed by atoms with Gasteiger partial charge in [-0.2, -0.15) is 0 Å². The molecule has 0 saturated carbocycles. The zero-order valence-electron chi connectivity index (χ0n) is 9.73. The first kappa shape index (κ1) is 13.9. The first-order valence-electron chi connectivity index (χ1n) is 5.24. The van der Waals surface area contributed by atoms with Gasteiger partial charge in [0.15, 0.2) is 0 Å². The number of aliphatic hydroxyl groups excluding tert-OH is 1. The van der Waals surface area contributed by atoms with Crippen molar-refractivity contribution in [3.63, 3.8) is 0 Å². The lowest BCUT2D eigenvalue weighted by atomic mass is 9.92. The molecule has 0 aromatic carbocycles. The van der Waals surface area contributed by atoms with Gasteiger partial charge in [-0.3, -0.25) is 5.01 Å². The minimum absolute atomic E-state index is 0.0456. The maximum atomic E-state index is 10.5. The Morgan fingerprint density at radius 1 is 1.47 bits per heavy atom. The number of aliphatic hydroxyl groups is 1. The molecule has 0 aliphatic rings. The van der Waals surface area contributed by atoms with Crippen LogP contribution in [0.4, 0.5) is 0 Å². The summed E-state index contributed by atoms with van der Waals surface area (Å²) in [6, 6.07) is 0.